The van der Waals surface area contributed by atoms with Crippen LogP contribution < -0.4 is 25.6 Å². The highest BCUT2D eigenvalue weighted by atomic mass is 32.1. The summed E-state index contributed by atoms with van der Waals surface area (Å²) in [6.07, 6.45) is 0.722. The van der Waals surface area contributed by atoms with Gasteiger partial charge >= 0.3 is 5.91 Å². The van der Waals surface area contributed by atoms with Crippen molar-refractivity contribution in [1.29, 1.82) is 0 Å². The highest BCUT2D eigenvalue weighted by molar-refractivity contribution is 7.80. The van der Waals surface area contributed by atoms with Crippen molar-refractivity contribution < 1.29 is 18.7 Å². The van der Waals surface area contributed by atoms with Crippen molar-refractivity contribution in [2.75, 3.05) is 20.8 Å². The number of benzene rings is 2. The van der Waals surface area contributed by atoms with Gasteiger partial charge in [-0.15, -0.1) is 0 Å². The second-order valence-corrected chi connectivity index (χ2v) is 6.33. The molecule has 3 aromatic rings. The summed E-state index contributed by atoms with van der Waals surface area (Å²) < 4.78 is 16.0. The minimum atomic E-state index is -0.403. The Balaban J connectivity index is 1.45. The van der Waals surface area contributed by atoms with Crippen LogP contribution in [0.3, 0.4) is 0 Å². The zero-order chi connectivity index (χ0) is 19.9. The Kier molecular flexibility index (Phi) is 6.33. The Morgan fingerprint density at radius 1 is 1.04 bits per heavy atom. The predicted molar refractivity (Wildman–Crippen MR) is 111 cm³/mol. The average Bonchev–Trinajstić information content (AvgIpc) is 3.16. The number of hydrogen-bond donors (Lipinski definition) is 3. The smallest absolute Gasteiger partial charge is 0.305 e. The van der Waals surface area contributed by atoms with Gasteiger partial charge in [-0.3, -0.25) is 15.6 Å². The quantitative estimate of drug-likeness (QED) is 0.434. The second-order valence-electron chi connectivity index (χ2n) is 5.92. The Hall–Kier alpha value is -3.26. The first-order valence-electron chi connectivity index (χ1n) is 8.64. The largest absolute Gasteiger partial charge is 0.493 e. The topological polar surface area (TPSA) is 84.8 Å². The van der Waals surface area contributed by atoms with E-state index >= 15 is 0 Å². The summed E-state index contributed by atoms with van der Waals surface area (Å²) in [5, 5.41) is 4.21. The van der Waals surface area contributed by atoms with E-state index in [1.807, 2.05) is 36.4 Å². The number of thiocarbonyl (C=S) groups is 1. The number of para-hydroxylation sites is 1. The molecule has 0 bridgehead atoms. The van der Waals surface area contributed by atoms with E-state index in [0.29, 0.717) is 28.7 Å². The summed E-state index contributed by atoms with van der Waals surface area (Å²) >= 11 is 5.18. The molecule has 1 aromatic heterocycles. The van der Waals surface area contributed by atoms with Crippen molar-refractivity contribution in [2.45, 2.75) is 6.42 Å². The lowest BCUT2D eigenvalue weighted by molar-refractivity contribution is 0.0918. The highest BCUT2D eigenvalue weighted by Gasteiger charge is 2.12. The fraction of sp³-hybridized carbons (Fsp3) is 0.200. The van der Waals surface area contributed by atoms with Crippen molar-refractivity contribution in [3.63, 3.8) is 0 Å². The Morgan fingerprint density at radius 3 is 2.57 bits per heavy atom. The molecule has 0 aliphatic rings. The van der Waals surface area contributed by atoms with Crippen molar-refractivity contribution in [1.82, 2.24) is 16.2 Å². The average molecular weight is 399 g/mol. The summed E-state index contributed by atoms with van der Waals surface area (Å²) in [6, 6.07) is 14.8. The molecule has 0 fully saturated rings. The molecule has 0 spiro atoms. The van der Waals surface area contributed by atoms with Gasteiger partial charge in [0.15, 0.2) is 22.4 Å². The van der Waals surface area contributed by atoms with Crippen molar-refractivity contribution in [2.24, 2.45) is 0 Å². The van der Waals surface area contributed by atoms with Crippen LogP contribution in [0.25, 0.3) is 11.0 Å². The third-order valence-electron chi connectivity index (χ3n) is 4.09. The predicted octanol–water partition coefficient (Wildman–Crippen LogP) is 2.80. The van der Waals surface area contributed by atoms with Crippen LogP contribution in [0.5, 0.6) is 11.5 Å². The summed E-state index contributed by atoms with van der Waals surface area (Å²) in [5.41, 5.74) is 6.91. The zero-order valence-corrected chi connectivity index (χ0v) is 16.4. The number of methoxy groups -OCH3 is 2. The Morgan fingerprint density at radius 2 is 1.82 bits per heavy atom. The Labute approximate surface area is 168 Å². The number of fused-ring (bicyclic) bond motifs is 1. The van der Waals surface area contributed by atoms with Gasteiger partial charge in [-0.1, -0.05) is 24.3 Å². The van der Waals surface area contributed by atoms with E-state index < -0.39 is 5.91 Å². The molecule has 0 aliphatic heterocycles. The summed E-state index contributed by atoms with van der Waals surface area (Å²) in [4.78, 5) is 12.2. The number of nitrogens with one attached hydrogen (secondary N) is 3. The molecule has 3 rings (SSSR count). The normalized spacial score (nSPS) is 10.4. The van der Waals surface area contributed by atoms with E-state index in [0.717, 1.165) is 17.4 Å². The van der Waals surface area contributed by atoms with E-state index in [4.69, 9.17) is 26.1 Å². The molecule has 146 valence electrons. The molecule has 0 saturated carbocycles. The third kappa shape index (κ3) is 4.72. The van der Waals surface area contributed by atoms with Gasteiger partial charge in [-0.05, 0) is 48.5 Å². The van der Waals surface area contributed by atoms with Crippen LogP contribution in [0.4, 0.5) is 0 Å². The minimum absolute atomic E-state index is 0.210. The molecule has 1 amide bonds. The lowest BCUT2D eigenvalue weighted by Crippen LogP contribution is -2.47. The SMILES string of the molecule is COc1ccc(CCNC(=S)NNC(=O)c2cc3ccccc3o2)cc1OC. The van der Waals surface area contributed by atoms with E-state index in [9.17, 15) is 4.79 Å². The number of hydrazine groups is 1. The minimum Gasteiger partial charge on any atom is -0.493 e. The molecule has 0 atom stereocenters. The fourth-order valence-corrected chi connectivity index (χ4v) is 2.82. The number of hydrogen-bond acceptors (Lipinski definition) is 5. The molecule has 0 unspecified atom stereocenters. The van der Waals surface area contributed by atoms with Crippen molar-refractivity contribution in [3.8, 4) is 11.5 Å². The van der Waals surface area contributed by atoms with Gasteiger partial charge in [0.25, 0.3) is 0 Å². The lowest BCUT2D eigenvalue weighted by Gasteiger charge is -2.12. The van der Waals surface area contributed by atoms with Crippen molar-refractivity contribution in [3.05, 3.63) is 59.9 Å². The van der Waals surface area contributed by atoms with Gasteiger partial charge in [-0.2, -0.15) is 0 Å². The van der Waals surface area contributed by atoms with Gasteiger partial charge in [0.1, 0.15) is 5.58 Å². The molecule has 0 radical (unpaired) electrons. The molecule has 0 saturated heterocycles. The Bertz CT molecular complexity index is 953. The van der Waals surface area contributed by atoms with Gasteiger partial charge in [0.05, 0.1) is 14.2 Å². The zero-order valence-electron chi connectivity index (χ0n) is 15.6. The molecule has 7 nitrogen and oxygen atoms in total. The van der Waals surface area contributed by atoms with Crippen LogP contribution in [0, 0.1) is 0 Å². The standard InChI is InChI=1S/C20H21N3O4S/c1-25-16-8-7-13(11-17(16)26-2)9-10-21-20(28)23-22-19(24)18-12-14-5-3-4-6-15(14)27-18/h3-8,11-12H,9-10H2,1-2H3,(H,22,24)(H2,21,23,28). The summed E-state index contributed by atoms with van der Waals surface area (Å²) in [5.74, 6) is 1.17. The molecule has 28 heavy (non-hydrogen) atoms. The molecule has 1 heterocycles. The molecule has 2 aromatic carbocycles. The summed E-state index contributed by atoms with van der Waals surface area (Å²) in [7, 11) is 3.20. The van der Waals surface area contributed by atoms with Gasteiger partial charge in [0.2, 0.25) is 0 Å². The highest BCUT2D eigenvalue weighted by Crippen LogP contribution is 2.27. The maximum atomic E-state index is 12.2. The molecular formula is C20H21N3O4S. The molecule has 3 N–H and O–H groups in total. The van der Waals surface area contributed by atoms with Crippen LogP contribution in [0.2, 0.25) is 0 Å². The van der Waals surface area contributed by atoms with Crippen LogP contribution in [0.15, 0.2) is 52.9 Å². The number of carbonyl (C=O) groups is 1. The van der Waals surface area contributed by atoms with Crippen LogP contribution in [-0.2, 0) is 6.42 Å². The second kappa shape index (κ2) is 9.09. The summed E-state index contributed by atoms with van der Waals surface area (Å²) in [6.45, 7) is 0.585. The van der Waals surface area contributed by atoms with Crippen molar-refractivity contribution >= 4 is 34.2 Å². The first kappa shape index (κ1) is 19.5. The number of furan rings is 1. The number of rotatable bonds is 6. The first-order chi connectivity index (χ1) is 13.6. The number of ether oxygens (including phenoxy) is 2. The van der Waals surface area contributed by atoms with Gasteiger partial charge in [-0.25, -0.2) is 0 Å². The van der Waals surface area contributed by atoms with E-state index in [2.05, 4.69) is 16.2 Å². The van der Waals surface area contributed by atoms with Gasteiger partial charge < -0.3 is 19.2 Å². The maximum absolute atomic E-state index is 12.2. The lowest BCUT2D eigenvalue weighted by atomic mass is 10.1. The molecule has 8 heteroatoms. The van der Waals surface area contributed by atoms with Crippen LogP contribution >= 0.6 is 12.2 Å². The van der Waals surface area contributed by atoms with E-state index in [-0.39, 0.29) is 5.76 Å². The van der Waals surface area contributed by atoms with E-state index in [1.165, 1.54) is 0 Å². The maximum Gasteiger partial charge on any atom is 0.305 e. The monoisotopic (exact) mass is 399 g/mol. The fourth-order valence-electron chi connectivity index (χ4n) is 2.67. The number of amides is 1. The third-order valence-corrected chi connectivity index (χ3v) is 4.33. The van der Waals surface area contributed by atoms with E-state index in [1.54, 1.807) is 26.4 Å². The molecule has 0 aliphatic carbocycles. The van der Waals surface area contributed by atoms with Crippen LogP contribution in [-0.4, -0.2) is 31.8 Å². The van der Waals surface area contributed by atoms with Gasteiger partial charge in [0, 0.05) is 11.9 Å². The molecular weight excluding hydrogens is 378 g/mol. The first-order valence-corrected chi connectivity index (χ1v) is 9.05. The van der Waals surface area contributed by atoms with Crippen LogP contribution in [0.1, 0.15) is 16.1 Å². The number of carbonyl (C=O) groups excluding carboxylic acids is 1.